The Kier molecular flexibility index (Phi) is 13.3. The topological polar surface area (TPSA) is 164 Å². The zero-order chi connectivity index (χ0) is 37.5. The molecule has 2 atom stereocenters. The summed E-state index contributed by atoms with van der Waals surface area (Å²) >= 11 is 1.24. The number of carbonyl (C=O) groups excluding carboxylic acids is 4. The number of benzene rings is 1. The van der Waals surface area contributed by atoms with Gasteiger partial charge in [-0.05, 0) is 70.2 Å². The molecule has 1 aromatic carbocycles. The molecule has 1 aromatic heterocycles. The van der Waals surface area contributed by atoms with Crippen LogP contribution in [0.15, 0.2) is 53.7 Å². The quantitative estimate of drug-likeness (QED) is 0.290. The monoisotopic (exact) mass is 745 g/mol. The largest absolute Gasteiger partial charge is 0.471 e. The second kappa shape index (κ2) is 16.4. The average molecular weight is 746 g/mol. The summed E-state index contributed by atoms with van der Waals surface area (Å²) in [6.45, 7) is 7.71. The van der Waals surface area contributed by atoms with E-state index in [1.807, 2.05) is 6.92 Å². The lowest BCUT2D eigenvalue weighted by Gasteiger charge is -2.34. The highest BCUT2D eigenvalue weighted by Crippen LogP contribution is 2.28. The summed E-state index contributed by atoms with van der Waals surface area (Å²) < 4.78 is 77.2. The van der Waals surface area contributed by atoms with Gasteiger partial charge in [0.2, 0.25) is 15.9 Å². The summed E-state index contributed by atoms with van der Waals surface area (Å²) in [6, 6.07) is 6.20. The number of nitrogens with zero attached hydrogens (tertiary/aromatic N) is 3. The maximum atomic E-state index is 13.8. The number of hydrogen-bond donors (Lipinski definition) is 2. The Balaban J connectivity index is 1.76. The molecule has 2 aromatic rings. The van der Waals surface area contributed by atoms with Gasteiger partial charge in [0, 0.05) is 49.7 Å². The number of amides is 3. The van der Waals surface area contributed by atoms with E-state index in [2.05, 4.69) is 15.0 Å². The molecular formula is C32H42F3N5O8S2. The minimum atomic E-state index is -5.00. The van der Waals surface area contributed by atoms with Crippen LogP contribution in [0.1, 0.15) is 46.6 Å². The van der Waals surface area contributed by atoms with Gasteiger partial charge in [0.05, 0.1) is 0 Å². The minimum absolute atomic E-state index is 0.0738. The van der Waals surface area contributed by atoms with Gasteiger partial charge in [-0.25, -0.2) is 18.0 Å². The number of thioether (sulfide) groups is 1. The molecule has 50 heavy (non-hydrogen) atoms. The average Bonchev–Trinajstić information content (AvgIpc) is 3.07. The maximum Gasteiger partial charge on any atom is 0.471 e. The number of ether oxygens (including phenoxy) is 2. The minimum Gasteiger partial charge on any atom is -0.458 e. The standard InChI is InChI=1S/C32H42F3N5O8S2/c1-7-30(2,3)48-27(42)24(37-26(41)25(31(4,5)49-6)38-50(45,46)23-9-8-14-36-20-23)19-21-10-12-22(13-11-21)47-29(44)40-17-15-39(16-18-40)28(43)32(33,34)35/h8-14,20,24-25,38H,7,15-19H2,1-6H3,(H,37,41)/t24-,25+/m0/s1. The number of alkyl halides is 3. The Bertz CT molecular complexity index is 1620. The van der Waals surface area contributed by atoms with E-state index < -0.39 is 62.5 Å². The van der Waals surface area contributed by atoms with Gasteiger partial charge in [-0.1, -0.05) is 19.1 Å². The highest BCUT2D eigenvalue weighted by atomic mass is 32.2. The maximum absolute atomic E-state index is 13.8. The van der Waals surface area contributed by atoms with Crippen LogP contribution < -0.4 is 14.8 Å². The Morgan fingerprint density at radius 2 is 1.58 bits per heavy atom. The first-order valence-electron chi connectivity index (χ1n) is 15.6. The van der Waals surface area contributed by atoms with E-state index in [4.69, 9.17) is 9.47 Å². The molecule has 0 spiro atoms. The van der Waals surface area contributed by atoms with Crippen molar-refractivity contribution in [2.24, 2.45) is 0 Å². The number of carbonyl (C=O) groups is 4. The van der Waals surface area contributed by atoms with E-state index in [0.29, 0.717) is 16.9 Å². The van der Waals surface area contributed by atoms with Crippen molar-refractivity contribution in [1.82, 2.24) is 24.8 Å². The third-order valence-corrected chi connectivity index (χ3v) is 10.9. The van der Waals surface area contributed by atoms with E-state index in [1.165, 1.54) is 47.1 Å². The van der Waals surface area contributed by atoms with E-state index >= 15 is 0 Å². The van der Waals surface area contributed by atoms with Crippen molar-refractivity contribution >= 4 is 45.7 Å². The van der Waals surface area contributed by atoms with Crippen molar-refractivity contribution in [1.29, 1.82) is 0 Å². The third kappa shape index (κ3) is 11.1. The van der Waals surface area contributed by atoms with Crippen molar-refractivity contribution < 1.29 is 50.2 Å². The van der Waals surface area contributed by atoms with Gasteiger partial charge in [-0.15, -0.1) is 0 Å². The Morgan fingerprint density at radius 3 is 2.10 bits per heavy atom. The lowest BCUT2D eigenvalue weighted by atomic mass is 10.0. The predicted molar refractivity (Wildman–Crippen MR) is 179 cm³/mol. The Morgan fingerprint density at radius 1 is 0.980 bits per heavy atom. The molecule has 1 aliphatic heterocycles. The van der Waals surface area contributed by atoms with Gasteiger partial charge in [0.25, 0.3) is 0 Å². The number of rotatable bonds is 13. The van der Waals surface area contributed by atoms with Gasteiger partial charge in [0.15, 0.2) is 0 Å². The molecule has 0 aliphatic carbocycles. The highest BCUT2D eigenvalue weighted by Gasteiger charge is 2.44. The molecule has 3 amide bonds. The van der Waals surface area contributed by atoms with Crippen molar-refractivity contribution in [2.45, 2.75) is 81.0 Å². The molecule has 276 valence electrons. The van der Waals surface area contributed by atoms with E-state index in [1.54, 1.807) is 46.1 Å². The van der Waals surface area contributed by atoms with Crippen LogP contribution in [0.2, 0.25) is 0 Å². The van der Waals surface area contributed by atoms with Crippen molar-refractivity contribution in [3.8, 4) is 5.75 Å². The molecular weight excluding hydrogens is 704 g/mol. The van der Waals surface area contributed by atoms with Gasteiger partial charge >= 0.3 is 24.1 Å². The summed E-state index contributed by atoms with van der Waals surface area (Å²) in [6.07, 6.45) is -1.13. The van der Waals surface area contributed by atoms with Crippen LogP contribution >= 0.6 is 11.8 Å². The normalized spacial score (nSPS) is 15.5. The summed E-state index contributed by atoms with van der Waals surface area (Å²) in [5.74, 6) is -3.38. The zero-order valence-corrected chi connectivity index (χ0v) is 30.2. The fraction of sp³-hybridized carbons (Fsp3) is 0.531. The fourth-order valence-corrected chi connectivity index (χ4v) is 6.37. The SMILES string of the molecule is CCC(C)(C)OC(=O)[C@H](Cc1ccc(OC(=O)N2CCN(C(=O)C(F)(F)F)CC2)cc1)NC(=O)[C@@H](NS(=O)(=O)c1cccnc1)C(C)(C)SC. The molecule has 18 heteroatoms. The molecule has 0 saturated carbocycles. The van der Waals surface area contributed by atoms with Crippen LogP contribution in [-0.2, 0) is 35.6 Å². The second-order valence-corrected chi connectivity index (χ2v) is 15.8. The second-order valence-electron chi connectivity index (χ2n) is 12.6. The first kappa shape index (κ1) is 40.5. The van der Waals surface area contributed by atoms with Crippen molar-refractivity contribution in [2.75, 3.05) is 32.4 Å². The summed E-state index contributed by atoms with van der Waals surface area (Å²) in [5, 5.41) is 2.68. The molecule has 1 aliphatic rings. The van der Waals surface area contributed by atoms with E-state index in [9.17, 15) is 40.8 Å². The number of esters is 1. The molecule has 13 nitrogen and oxygen atoms in total. The van der Waals surface area contributed by atoms with Crippen molar-refractivity contribution in [3.63, 3.8) is 0 Å². The van der Waals surface area contributed by atoms with Crippen LogP contribution in [-0.4, -0.2) is 108 Å². The Hall–Kier alpha value is -3.90. The first-order valence-corrected chi connectivity index (χ1v) is 18.3. The summed E-state index contributed by atoms with van der Waals surface area (Å²) in [5.41, 5.74) is -0.346. The number of hydrogen-bond acceptors (Lipinski definition) is 10. The van der Waals surface area contributed by atoms with Gasteiger partial charge in [-0.2, -0.15) is 29.7 Å². The number of halogens is 3. The number of pyridine rings is 1. The molecule has 0 radical (unpaired) electrons. The number of piperazine rings is 1. The smallest absolute Gasteiger partial charge is 0.458 e. The van der Waals surface area contributed by atoms with Crippen molar-refractivity contribution in [3.05, 3.63) is 54.4 Å². The predicted octanol–water partition coefficient (Wildman–Crippen LogP) is 3.53. The number of aromatic nitrogens is 1. The zero-order valence-electron chi connectivity index (χ0n) is 28.6. The third-order valence-electron chi connectivity index (χ3n) is 8.17. The molecule has 2 N–H and O–H groups in total. The van der Waals surface area contributed by atoms with Gasteiger partial charge in [0.1, 0.15) is 28.3 Å². The van der Waals surface area contributed by atoms with Crippen LogP contribution in [0.3, 0.4) is 0 Å². The Labute approximate surface area is 293 Å². The molecule has 1 saturated heterocycles. The summed E-state index contributed by atoms with van der Waals surface area (Å²) in [4.78, 5) is 56.9. The van der Waals surface area contributed by atoms with E-state index in [0.717, 1.165) is 6.20 Å². The van der Waals surface area contributed by atoms with Crippen LogP contribution in [0.25, 0.3) is 0 Å². The van der Waals surface area contributed by atoms with Gasteiger partial charge < -0.3 is 24.6 Å². The number of nitrogens with one attached hydrogen (secondary N) is 2. The first-order chi connectivity index (χ1) is 23.2. The van der Waals surface area contributed by atoms with Gasteiger partial charge in [-0.3, -0.25) is 14.6 Å². The highest BCUT2D eigenvalue weighted by molar-refractivity contribution is 8.00. The molecule has 3 rings (SSSR count). The lowest BCUT2D eigenvalue weighted by Crippen LogP contribution is -2.59. The van der Waals surface area contributed by atoms with Crippen LogP contribution in [0.4, 0.5) is 18.0 Å². The fourth-order valence-electron chi connectivity index (χ4n) is 4.59. The molecule has 0 unspecified atom stereocenters. The molecule has 1 fully saturated rings. The lowest BCUT2D eigenvalue weighted by molar-refractivity contribution is -0.186. The van der Waals surface area contributed by atoms with Crippen LogP contribution in [0, 0.1) is 0 Å². The number of sulfonamides is 1. The molecule has 0 bridgehead atoms. The summed E-state index contributed by atoms with van der Waals surface area (Å²) in [7, 11) is -4.19. The molecule has 2 heterocycles. The van der Waals surface area contributed by atoms with E-state index in [-0.39, 0.29) is 43.2 Å². The van der Waals surface area contributed by atoms with Crippen LogP contribution in [0.5, 0.6) is 5.75 Å².